The topological polar surface area (TPSA) is 96.9 Å². The standard InChI is InChI=1S/C14H19F5N4O3S/c1-7(8-2-4-9(5-3-8)27(15,16,17,18)19)23-12-11(10(6-24)22-23)13(25)21-14(26)20-12/h2-5,7,10-12,14,20,22,24,26H,6H2,1H3,(H,21,25). The molecule has 3 rings (SSSR count). The summed E-state index contributed by atoms with van der Waals surface area (Å²) in [6.45, 7) is 1.18. The Morgan fingerprint density at radius 1 is 1.19 bits per heavy atom. The number of rotatable bonds is 4. The Hall–Kier alpha value is -1.51. The van der Waals surface area contributed by atoms with Crippen LogP contribution in [0.3, 0.4) is 0 Å². The van der Waals surface area contributed by atoms with Gasteiger partial charge in [0.15, 0.2) is 6.35 Å². The molecule has 1 aromatic carbocycles. The van der Waals surface area contributed by atoms with Crippen LogP contribution in [-0.4, -0.2) is 46.3 Å². The van der Waals surface area contributed by atoms with Gasteiger partial charge >= 0.3 is 10.2 Å². The van der Waals surface area contributed by atoms with Crippen LogP contribution in [0.1, 0.15) is 18.5 Å². The molecule has 2 saturated heterocycles. The van der Waals surface area contributed by atoms with Crippen molar-refractivity contribution in [1.82, 2.24) is 21.1 Å². The lowest BCUT2D eigenvalue weighted by molar-refractivity contribution is -0.137. The fourth-order valence-corrected chi connectivity index (χ4v) is 4.01. The minimum Gasteiger partial charge on any atom is -0.395 e. The van der Waals surface area contributed by atoms with E-state index in [4.69, 9.17) is 0 Å². The summed E-state index contributed by atoms with van der Waals surface area (Å²) in [6.07, 6.45) is -2.11. The summed E-state index contributed by atoms with van der Waals surface area (Å²) in [5.74, 6) is -1.28. The van der Waals surface area contributed by atoms with Gasteiger partial charge < -0.3 is 15.5 Å². The summed E-state index contributed by atoms with van der Waals surface area (Å²) >= 11 is 0. The Balaban J connectivity index is 1.87. The number of hydrogen-bond acceptors (Lipinski definition) is 6. The van der Waals surface area contributed by atoms with Crippen molar-refractivity contribution < 1.29 is 34.4 Å². The average molecular weight is 418 g/mol. The van der Waals surface area contributed by atoms with Crippen molar-refractivity contribution in [3.63, 3.8) is 0 Å². The molecule has 2 fully saturated rings. The van der Waals surface area contributed by atoms with E-state index in [9.17, 15) is 34.4 Å². The predicted molar refractivity (Wildman–Crippen MR) is 86.7 cm³/mol. The maximum atomic E-state index is 12.9. The summed E-state index contributed by atoms with van der Waals surface area (Å²) in [4.78, 5) is 10.1. The number of benzene rings is 1. The number of hydrogen-bond donors (Lipinski definition) is 5. The SMILES string of the molecule is CC(c1ccc(S(F)(F)(F)(F)F)cc1)N1NC(CO)C2C(=O)NC(O)NC21. The summed E-state index contributed by atoms with van der Waals surface area (Å²) in [5, 5.41) is 25.6. The third-order valence-corrected chi connectivity index (χ3v) is 5.88. The number of nitrogens with zero attached hydrogens (tertiary/aromatic N) is 1. The predicted octanol–water partition coefficient (Wildman–Crippen LogP) is 1.52. The highest BCUT2D eigenvalue weighted by Crippen LogP contribution is 3.02. The zero-order valence-corrected chi connectivity index (χ0v) is 14.8. The number of carbonyl (C=O) groups is 1. The summed E-state index contributed by atoms with van der Waals surface area (Å²) in [6, 6.07) is 1.15. The largest absolute Gasteiger partial charge is 0.395 e. The van der Waals surface area contributed by atoms with E-state index in [-0.39, 0.29) is 5.56 Å². The van der Waals surface area contributed by atoms with Crippen molar-refractivity contribution in [2.45, 2.75) is 36.4 Å². The van der Waals surface area contributed by atoms with Crippen molar-refractivity contribution >= 4 is 16.1 Å². The monoisotopic (exact) mass is 418 g/mol. The summed E-state index contributed by atoms with van der Waals surface area (Å²) in [5.41, 5.74) is 3.15. The molecule has 2 aliphatic heterocycles. The van der Waals surface area contributed by atoms with Crippen LogP contribution < -0.4 is 16.1 Å². The van der Waals surface area contributed by atoms with E-state index in [2.05, 4.69) is 16.1 Å². The highest BCUT2D eigenvalue weighted by molar-refractivity contribution is 8.45. The van der Waals surface area contributed by atoms with Crippen LogP contribution in [-0.2, 0) is 4.79 Å². The lowest BCUT2D eigenvalue weighted by Gasteiger charge is -2.41. The molecule has 154 valence electrons. The van der Waals surface area contributed by atoms with Gasteiger partial charge in [-0.2, -0.15) is 0 Å². The number of halogens is 5. The van der Waals surface area contributed by atoms with E-state index in [1.165, 1.54) is 5.01 Å². The van der Waals surface area contributed by atoms with Gasteiger partial charge in [0.1, 0.15) is 4.90 Å². The van der Waals surface area contributed by atoms with Crippen molar-refractivity contribution in [3.8, 4) is 0 Å². The van der Waals surface area contributed by atoms with Crippen LogP contribution in [0.5, 0.6) is 0 Å². The molecule has 0 spiro atoms. The molecule has 0 bridgehead atoms. The van der Waals surface area contributed by atoms with E-state index in [1.807, 2.05) is 0 Å². The Bertz CT molecular complexity index is 748. The fraction of sp³-hybridized carbons (Fsp3) is 0.500. The number of hydrazine groups is 1. The van der Waals surface area contributed by atoms with Crippen molar-refractivity contribution in [1.29, 1.82) is 0 Å². The van der Waals surface area contributed by atoms with E-state index in [0.29, 0.717) is 12.1 Å². The van der Waals surface area contributed by atoms with Gasteiger partial charge in [-0.25, -0.2) is 10.4 Å². The molecular weight excluding hydrogens is 399 g/mol. The third-order valence-electron chi connectivity index (χ3n) is 4.72. The molecule has 5 atom stereocenters. The smallest absolute Gasteiger partial charge is 0.310 e. The van der Waals surface area contributed by atoms with Crippen LogP contribution in [0.2, 0.25) is 0 Å². The molecule has 5 N–H and O–H groups in total. The van der Waals surface area contributed by atoms with Crippen LogP contribution in [0.25, 0.3) is 0 Å². The zero-order valence-electron chi connectivity index (χ0n) is 14.0. The molecule has 5 unspecified atom stereocenters. The third kappa shape index (κ3) is 3.88. The van der Waals surface area contributed by atoms with E-state index < -0.39 is 58.2 Å². The Morgan fingerprint density at radius 3 is 2.30 bits per heavy atom. The first kappa shape index (κ1) is 20.2. The first-order valence-corrected chi connectivity index (χ1v) is 9.90. The number of aliphatic hydroxyl groups is 2. The molecule has 1 aromatic rings. The second-order valence-corrected chi connectivity index (χ2v) is 9.00. The zero-order chi connectivity index (χ0) is 20.3. The highest BCUT2D eigenvalue weighted by Gasteiger charge is 2.65. The number of amides is 1. The second-order valence-electron chi connectivity index (χ2n) is 6.59. The molecule has 1 amide bonds. The molecule has 0 aromatic heterocycles. The number of aliphatic hydroxyl groups excluding tert-OH is 2. The lowest BCUT2D eigenvalue weighted by atomic mass is 9.96. The first-order chi connectivity index (χ1) is 12.2. The number of carbonyl (C=O) groups excluding carboxylic acids is 1. The number of nitrogens with one attached hydrogen (secondary N) is 3. The Labute approximate surface area is 151 Å². The minimum atomic E-state index is -9.76. The van der Waals surface area contributed by atoms with Crippen molar-refractivity contribution in [2.75, 3.05) is 6.61 Å². The van der Waals surface area contributed by atoms with E-state index in [0.717, 1.165) is 12.1 Å². The van der Waals surface area contributed by atoms with Crippen LogP contribution in [0.4, 0.5) is 19.4 Å². The molecule has 0 aliphatic carbocycles. The van der Waals surface area contributed by atoms with Gasteiger partial charge in [0.25, 0.3) is 0 Å². The molecule has 0 saturated carbocycles. The van der Waals surface area contributed by atoms with Crippen LogP contribution in [0, 0.1) is 5.92 Å². The van der Waals surface area contributed by atoms with Crippen LogP contribution >= 0.6 is 10.2 Å². The van der Waals surface area contributed by atoms with E-state index in [1.54, 1.807) is 6.92 Å². The van der Waals surface area contributed by atoms with Gasteiger partial charge in [-0.05, 0) is 24.6 Å². The van der Waals surface area contributed by atoms with Gasteiger partial charge in [-0.3, -0.25) is 10.1 Å². The molecule has 0 radical (unpaired) electrons. The Kier molecular flexibility index (Phi) is 4.31. The molecule has 13 heteroatoms. The number of fused-ring (bicyclic) bond motifs is 1. The average Bonchev–Trinajstić information content (AvgIpc) is 2.91. The van der Waals surface area contributed by atoms with Gasteiger partial charge in [0.05, 0.1) is 24.7 Å². The van der Waals surface area contributed by atoms with Crippen molar-refractivity contribution in [2.24, 2.45) is 5.92 Å². The minimum absolute atomic E-state index is 0.271. The summed E-state index contributed by atoms with van der Waals surface area (Å²) < 4.78 is 64.3. The fourth-order valence-electron chi connectivity index (χ4n) is 3.36. The lowest BCUT2D eigenvalue weighted by Crippen LogP contribution is -2.64. The Morgan fingerprint density at radius 2 is 1.78 bits per heavy atom. The molecule has 7 nitrogen and oxygen atoms in total. The van der Waals surface area contributed by atoms with Crippen LogP contribution in [0.15, 0.2) is 29.2 Å². The molecule has 27 heavy (non-hydrogen) atoms. The first-order valence-electron chi connectivity index (χ1n) is 7.95. The molecular formula is C14H19F5N4O3S. The summed E-state index contributed by atoms with van der Waals surface area (Å²) in [7, 11) is -9.76. The van der Waals surface area contributed by atoms with Crippen molar-refractivity contribution in [3.05, 3.63) is 29.8 Å². The normalized spacial score (nSPS) is 33.0. The van der Waals surface area contributed by atoms with Gasteiger partial charge in [0.2, 0.25) is 5.91 Å². The quantitative estimate of drug-likeness (QED) is 0.476. The maximum Gasteiger partial charge on any atom is 0.310 e. The van der Waals surface area contributed by atoms with E-state index >= 15 is 0 Å². The molecule has 2 aliphatic rings. The van der Waals surface area contributed by atoms with Gasteiger partial charge in [0, 0.05) is 6.04 Å². The second kappa shape index (κ2) is 5.75. The highest BCUT2D eigenvalue weighted by atomic mass is 32.5. The maximum absolute atomic E-state index is 12.9. The van der Waals surface area contributed by atoms with Gasteiger partial charge in [-0.15, -0.1) is 0 Å². The molecule has 2 heterocycles. The van der Waals surface area contributed by atoms with Gasteiger partial charge in [-0.1, -0.05) is 31.6 Å².